The van der Waals surface area contributed by atoms with Crippen molar-refractivity contribution in [1.29, 1.82) is 0 Å². The number of hydrogen-bond acceptors (Lipinski definition) is 8. The van der Waals surface area contributed by atoms with Gasteiger partial charge in [0, 0.05) is 0 Å². The second-order valence-corrected chi connectivity index (χ2v) is 11.7. The SMILES string of the molecule is COc1cc(/C=c2/sc3n(c2=O)C(c2ccccc2)C(C(=O)Oc2ccccc2)=C(C)N=3)cc(Cl)c1OCCOc1ccccc1. The average molecular weight is 653 g/mol. The molecule has 8 nitrogen and oxygen atoms in total. The number of methoxy groups -OCH3 is 1. The quantitative estimate of drug-likeness (QED) is 0.105. The summed E-state index contributed by atoms with van der Waals surface area (Å²) < 4.78 is 24.9. The van der Waals surface area contributed by atoms with Gasteiger partial charge in [0.25, 0.3) is 5.56 Å². The summed E-state index contributed by atoms with van der Waals surface area (Å²) >= 11 is 7.86. The molecular weight excluding hydrogens is 624 g/mol. The number of aromatic nitrogens is 1. The number of rotatable bonds is 10. The monoisotopic (exact) mass is 652 g/mol. The molecule has 1 atom stereocenters. The summed E-state index contributed by atoms with van der Waals surface area (Å²) in [6.07, 6.45) is 1.73. The van der Waals surface area contributed by atoms with E-state index in [-0.39, 0.29) is 17.7 Å². The lowest BCUT2D eigenvalue weighted by atomic mass is 9.96. The van der Waals surface area contributed by atoms with E-state index in [1.165, 1.54) is 18.4 Å². The number of carbonyl (C=O) groups excluding carboxylic acids is 1. The first-order valence-electron chi connectivity index (χ1n) is 14.5. The molecule has 1 aliphatic heterocycles. The molecule has 0 bridgehead atoms. The van der Waals surface area contributed by atoms with E-state index in [1.54, 1.807) is 54.0 Å². The Balaban J connectivity index is 1.33. The maximum absolute atomic E-state index is 14.0. The molecule has 0 radical (unpaired) electrons. The van der Waals surface area contributed by atoms with Gasteiger partial charge < -0.3 is 18.9 Å². The molecule has 0 aliphatic carbocycles. The van der Waals surface area contributed by atoms with E-state index in [4.69, 9.17) is 30.5 Å². The van der Waals surface area contributed by atoms with Crippen molar-refractivity contribution in [2.24, 2.45) is 4.99 Å². The van der Waals surface area contributed by atoms with Crippen LogP contribution >= 0.6 is 22.9 Å². The highest BCUT2D eigenvalue weighted by Crippen LogP contribution is 2.37. The summed E-state index contributed by atoms with van der Waals surface area (Å²) in [6.45, 7) is 2.31. The van der Waals surface area contributed by atoms with E-state index >= 15 is 0 Å². The molecule has 0 amide bonds. The molecule has 1 unspecified atom stereocenters. The van der Waals surface area contributed by atoms with Crippen LogP contribution in [-0.2, 0) is 4.79 Å². The van der Waals surface area contributed by atoms with E-state index in [0.717, 1.165) is 11.3 Å². The highest BCUT2D eigenvalue weighted by atomic mass is 35.5. The van der Waals surface area contributed by atoms with Gasteiger partial charge in [-0.2, -0.15) is 0 Å². The van der Waals surface area contributed by atoms with Crippen molar-refractivity contribution in [3.8, 4) is 23.0 Å². The molecule has 232 valence electrons. The Morgan fingerprint density at radius 2 is 1.54 bits per heavy atom. The van der Waals surface area contributed by atoms with Gasteiger partial charge in [0.05, 0.1) is 34.0 Å². The third-order valence-corrected chi connectivity index (χ3v) is 8.47. The smallest absolute Gasteiger partial charge is 0.343 e. The first-order chi connectivity index (χ1) is 22.4. The number of fused-ring (bicyclic) bond motifs is 1. The van der Waals surface area contributed by atoms with Crippen LogP contribution in [0.1, 0.15) is 24.1 Å². The van der Waals surface area contributed by atoms with Crippen molar-refractivity contribution in [2.75, 3.05) is 20.3 Å². The van der Waals surface area contributed by atoms with Crippen LogP contribution in [0.4, 0.5) is 0 Å². The minimum atomic E-state index is -0.734. The van der Waals surface area contributed by atoms with Crippen molar-refractivity contribution in [2.45, 2.75) is 13.0 Å². The minimum Gasteiger partial charge on any atom is -0.493 e. The molecule has 6 rings (SSSR count). The number of carbonyl (C=O) groups is 1. The van der Waals surface area contributed by atoms with E-state index in [0.29, 0.717) is 49.5 Å². The highest BCUT2D eigenvalue weighted by molar-refractivity contribution is 7.07. The van der Waals surface area contributed by atoms with Gasteiger partial charge in [0.1, 0.15) is 24.7 Å². The van der Waals surface area contributed by atoms with Crippen molar-refractivity contribution < 1.29 is 23.7 Å². The van der Waals surface area contributed by atoms with E-state index in [1.807, 2.05) is 66.7 Å². The number of hydrogen-bond donors (Lipinski definition) is 0. The Kier molecular flexibility index (Phi) is 9.33. The standard InChI is InChI=1S/C36H29ClN2O6S/c1-23-31(35(41)45-27-16-10-5-11-17-27)32(25-12-6-3-7-13-25)39-34(40)30(46-36(39)38-23)22-24-20-28(37)33(29(21-24)42-2)44-19-18-43-26-14-8-4-9-15-26/h3-17,20-22,32H,18-19H2,1-2H3/b30-22+. The predicted molar refractivity (Wildman–Crippen MR) is 178 cm³/mol. The number of benzene rings is 4. The topological polar surface area (TPSA) is 88.4 Å². The Labute approximate surface area is 274 Å². The molecule has 0 N–H and O–H groups in total. The highest BCUT2D eigenvalue weighted by Gasteiger charge is 2.33. The molecule has 0 spiro atoms. The van der Waals surface area contributed by atoms with Crippen LogP contribution in [0.15, 0.2) is 124 Å². The zero-order valence-corrected chi connectivity index (χ0v) is 26.6. The molecule has 4 aromatic carbocycles. The van der Waals surface area contributed by atoms with Gasteiger partial charge in [-0.25, -0.2) is 9.79 Å². The fourth-order valence-corrected chi connectivity index (χ4v) is 6.44. The van der Waals surface area contributed by atoms with Crippen LogP contribution in [-0.4, -0.2) is 30.9 Å². The summed E-state index contributed by atoms with van der Waals surface area (Å²) in [7, 11) is 1.52. The van der Waals surface area contributed by atoms with Crippen LogP contribution in [0.2, 0.25) is 5.02 Å². The first-order valence-corrected chi connectivity index (χ1v) is 15.7. The van der Waals surface area contributed by atoms with Gasteiger partial charge in [0.15, 0.2) is 16.3 Å². The summed E-state index contributed by atoms with van der Waals surface area (Å²) in [5, 5.41) is 0.321. The van der Waals surface area contributed by atoms with E-state index < -0.39 is 12.0 Å². The molecule has 5 aromatic rings. The molecule has 1 aliphatic rings. The molecule has 1 aromatic heterocycles. The van der Waals surface area contributed by atoms with Gasteiger partial charge >= 0.3 is 5.97 Å². The van der Waals surface area contributed by atoms with Crippen molar-refractivity contribution >= 4 is 35.0 Å². The van der Waals surface area contributed by atoms with Gasteiger partial charge in [-0.3, -0.25) is 9.36 Å². The van der Waals surface area contributed by atoms with Gasteiger partial charge in [-0.1, -0.05) is 89.7 Å². The minimum absolute atomic E-state index is 0.247. The maximum Gasteiger partial charge on any atom is 0.343 e. The normalized spacial score (nSPS) is 14.3. The molecule has 2 heterocycles. The second kappa shape index (κ2) is 13.9. The van der Waals surface area contributed by atoms with Gasteiger partial charge in [-0.15, -0.1) is 0 Å². The molecular formula is C36H29ClN2O6S. The molecule has 10 heteroatoms. The number of thiazole rings is 1. The third kappa shape index (κ3) is 6.61. The fourth-order valence-electron chi connectivity index (χ4n) is 5.12. The van der Waals surface area contributed by atoms with Crippen molar-refractivity contribution in [3.63, 3.8) is 0 Å². The van der Waals surface area contributed by atoms with Crippen LogP contribution in [0.3, 0.4) is 0 Å². The number of halogens is 1. The van der Waals surface area contributed by atoms with Crippen LogP contribution in [0, 0.1) is 0 Å². The fraction of sp³-hybridized carbons (Fsp3) is 0.139. The first kappa shape index (κ1) is 30.9. The van der Waals surface area contributed by atoms with Crippen LogP contribution in [0.5, 0.6) is 23.0 Å². The summed E-state index contributed by atoms with van der Waals surface area (Å²) in [5.74, 6) is 1.36. The molecule has 46 heavy (non-hydrogen) atoms. The summed E-state index contributed by atoms with van der Waals surface area (Å²) in [4.78, 5) is 32.8. The Morgan fingerprint density at radius 3 is 2.22 bits per heavy atom. The van der Waals surface area contributed by atoms with Crippen molar-refractivity contribution in [1.82, 2.24) is 4.57 Å². The third-order valence-electron chi connectivity index (χ3n) is 7.20. The lowest BCUT2D eigenvalue weighted by Gasteiger charge is -2.24. The zero-order valence-electron chi connectivity index (χ0n) is 25.0. The lowest BCUT2D eigenvalue weighted by molar-refractivity contribution is -0.130. The summed E-state index contributed by atoms with van der Waals surface area (Å²) in [5.41, 5.74) is 1.85. The van der Waals surface area contributed by atoms with E-state index in [2.05, 4.69) is 4.99 Å². The Bertz CT molecular complexity index is 2080. The molecule has 0 saturated carbocycles. The zero-order chi connectivity index (χ0) is 32.0. The molecule has 0 fully saturated rings. The number of nitrogens with zero attached hydrogens (tertiary/aromatic N) is 2. The van der Waals surface area contributed by atoms with E-state index in [9.17, 15) is 9.59 Å². The maximum atomic E-state index is 14.0. The Morgan fingerprint density at radius 1 is 0.913 bits per heavy atom. The second-order valence-electron chi connectivity index (χ2n) is 10.2. The van der Waals surface area contributed by atoms with Crippen LogP contribution in [0.25, 0.3) is 6.08 Å². The van der Waals surface area contributed by atoms with Crippen molar-refractivity contribution in [3.05, 3.63) is 150 Å². The Hall–Kier alpha value is -5.12. The van der Waals surface area contributed by atoms with Crippen LogP contribution < -0.4 is 33.8 Å². The average Bonchev–Trinajstić information content (AvgIpc) is 3.37. The number of esters is 1. The number of para-hydroxylation sites is 2. The number of allylic oxidation sites excluding steroid dienone is 1. The summed E-state index contributed by atoms with van der Waals surface area (Å²) in [6, 6.07) is 30.4. The molecule has 0 saturated heterocycles. The number of ether oxygens (including phenoxy) is 4. The predicted octanol–water partition coefficient (Wildman–Crippen LogP) is 5.96. The van der Waals surface area contributed by atoms with Gasteiger partial charge in [-0.05, 0) is 60.5 Å². The lowest BCUT2D eigenvalue weighted by Crippen LogP contribution is -2.40. The van der Waals surface area contributed by atoms with Gasteiger partial charge in [0.2, 0.25) is 0 Å². The largest absolute Gasteiger partial charge is 0.493 e.